The van der Waals surface area contributed by atoms with Gasteiger partial charge < -0.3 is 14.8 Å². The number of benzene rings is 2. The second-order valence-electron chi connectivity index (χ2n) is 7.54. The standard InChI is InChI=1S/C23H29FN2O5S/c1-2-3-16-30-19-8-10-20(11-9-19)31-17-14-25-23(27)22-5-4-15-26(22)32(28,29)21-12-6-18(24)7-13-21/h6-13,22H,2-5,14-17H2,1H3,(H,25,27)/t22-/m1/s1. The van der Waals surface area contributed by atoms with Crippen LogP contribution in [0.3, 0.4) is 0 Å². The summed E-state index contributed by atoms with van der Waals surface area (Å²) >= 11 is 0. The van der Waals surface area contributed by atoms with E-state index in [1.165, 1.54) is 16.4 Å². The van der Waals surface area contributed by atoms with Gasteiger partial charge in [-0.1, -0.05) is 13.3 Å². The largest absolute Gasteiger partial charge is 0.494 e. The van der Waals surface area contributed by atoms with Crippen LogP contribution in [0.25, 0.3) is 0 Å². The van der Waals surface area contributed by atoms with Crippen LogP contribution < -0.4 is 14.8 Å². The van der Waals surface area contributed by atoms with Crippen molar-refractivity contribution in [2.75, 3.05) is 26.3 Å². The molecule has 1 aliphatic heterocycles. The highest BCUT2D eigenvalue weighted by Gasteiger charge is 2.39. The van der Waals surface area contributed by atoms with E-state index >= 15 is 0 Å². The molecule has 2 aromatic rings. The third-order valence-corrected chi connectivity index (χ3v) is 7.11. The summed E-state index contributed by atoms with van der Waals surface area (Å²) in [5, 5.41) is 2.75. The van der Waals surface area contributed by atoms with Gasteiger partial charge in [-0.05, 0) is 67.8 Å². The summed E-state index contributed by atoms with van der Waals surface area (Å²) in [6.45, 7) is 3.53. The molecule has 0 unspecified atom stereocenters. The number of carbonyl (C=O) groups is 1. The Hall–Kier alpha value is -2.65. The van der Waals surface area contributed by atoms with E-state index in [0.717, 1.165) is 30.7 Å². The van der Waals surface area contributed by atoms with Gasteiger partial charge >= 0.3 is 0 Å². The second-order valence-corrected chi connectivity index (χ2v) is 9.43. The van der Waals surface area contributed by atoms with Crippen LogP contribution in [-0.2, 0) is 14.8 Å². The van der Waals surface area contributed by atoms with E-state index in [2.05, 4.69) is 12.2 Å². The molecule has 0 saturated carbocycles. The van der Waals surface area contributed by atoms with Crippen LogP contribution in [0, 0.1) is 5.82 Å². The minimum absolute atomic E-state index is 0.0240. The maximum absolute atomic E-state index is 13.1. The molecule has 0 bridgehead atoms. The van der Waals surface area contributed by atoms with Crippen molar-refractivity contribution in [2.24, 2.45) is 0 Å². The number of sulfonamides is 1. The van der Waals surface area contributed by atoms with Crippen molar-refractivity contribution in [3.05, 3.63) is 54.3 Å². The molecule has 9 heteroatoms. The van der Waals surface area contributed by atoms with Crippen molar-refractivity contribution in [3.8, 4) is 11.5 Å². The van der Waals surface area contributed by atoms with E-state index in [1.54, 1.807) is 12.1 Å². The fourth-order valence-electron chi connectivity index (χ4n) is 3.46. The number of nitrogens with zero attached hydrogens (tertiary/aromatic N) is 1. The average Bonchev–Trinajstić information content (AvgIpc) is 3.29. The van der Waals surface area contributed by atoms with Crippen LogP contribution in [0.5, 0.6) is 11.5 Å². The number of carbonyl (C=O) groups excluding carboxylic acids is 1. The Kier molecular flexibility index (Phi) is 8.46. The van der Waals surface area contributed by atoms with Gasteiger partial charge in [-0.15, -0.1) is 0 Å². The number of halogens is 1. The zero-order chi connectivity index (χ0) is 23.0. The second kappa shape index (κ2) is 11.3. The van der Waals surface area contributed by atoms with E-state index in [1.807, 2.05) is 12.1 Å². The summed E-state index contributed by atoms with van der Waals surface area (Å²) < 4.78 is 51.3. The number of ether oxygens (including phenoxy) is 2. The van der Waals surface area contributed by atoms with Crippen LogP contribution in [0.4, 0.5) is 4.39 Å². The zero-order valence-electron chi connectivity index (χ0n) is 18.1. The Bertz CT molecular complexity index is 980. The summed E-state index contributed by atoms with van der Waals surface area (Å²) in [4.78, 5) is 12.6. The first-order valence-corrected chi connectivity index (χ1v) is 12.3. The quantitative estimate of drug-likeness (QED) is 0.516. The SMILES string of the molecule is CCCCOc1ccc(OCCNC(=O)[C@H]2CCCN2S(=O)(=O)c2ccc(F)cc2)cc1. The maximum Gasteiger partial charge on any atom is 0.243 e. The molecule has 2 aromatic carbocycles. The number of rotatable bonds is 11. The molecule has 7 nitrogen and oxygen atoms in total. The smallest absolute Gasteiger partial charge is 0.243 e. The normalized spacial score (nSPS) is 16.6. The van der Waals surface area contributed by atoms with Gasteiger partial charge in [-0.2, -0.15) is 4.31 Å². The van der Waals surface area contributed by atoms with Crippen molar-refractivity contribution in [3.63, 3.8) is 0 Å². The van der Waals surface area contributed by atoms with Gasteiger partial charge in [0.25, 0.3) is 0 Å². The van der Waals surface area contributed by atoms with Crippen molar-refractivity contribution >= 4 is 15.9 Å². The molecule has 3 rings (SSSR count). The number of hydrogen-bond donors (Lipinski definition) is 1. The Morgan fingerprint density at radius 1 is 1.06 bits per heavy atom. The summed E-state index contributed by atoms with van der Waals surface area (Å²) in [6, 6.07) is 11.1. The van der Waals surface area contributed by atoms with E-state index < -0.39 is 21.9 Å². The first-order chi connectivity index (χ1) is 15.4. The molecule has 174 valence electrons. The molecular formula is C23H29FN2O5S. The van der Waals surface area contributed by atoms with Crippen LogP contribution in [-0.4, -0.2) is 51.0 Å². The monoisotopic (exact) mass is 464 g/mol. The molecule has 1 N–H and O–H groups in total. The molecule has 32 heavy (non-hydrogen) atoms. The van der Waals surface area contributed by atoms with Crippen molar-refractivity contribution < 1.29 is 27.1 Å². The third-order valence-electron chi connectivity index (χ3n) is 5.19. The van der Waals surface area contributed by atoms with Gasteiger partial charge in [0.1, 0.15) is 30.0 Å². The predicted molar refractivity (Wildman–Crippen MR) is 119 cm³/mol. The lowest BCUT2D eigenvalue weighted by molar-refractivity contribution is -0.124. The van der Waals surface area contributed by atoms with Gasteiger partial charge in [0, 0.05) is 6.54 Å². The first kappa shape index (κ1) is 24.0. The zero-order valence-corrected chi connectivity index (χ0v) is 18.9. The fraction of sp³-hybridized carbons (Fsp3) is 0.435. The van der Waals surface area contributed by atoms with Crippen LogP contribution in [0.1, 0.15) is 32.6 Å². The number of nitrogens with one attached hydrogen (secondary N) is 1. The predicted octanol–water partition coefficient (Wildman–Crippen LogP) is 3.35. The summed E-state index contributed by atoms with van der Waals surface area (Å²) in [5.74, 6) is 0.557. The minimum atomic E-state index is -3.87. The Balaban J connectivity index is 1.47. The van der Waals surface area contributed by atoms with Crippen LogP contribution >= 0.6 is 0 Å². The molecule has 0 spiro atoms. The highest BCUT2D eigenvalue weighted by atomic mass is 32.2. The van der Waals surface area contributed by atoms with E-state index in [-0.39, 0.29) is 30.5 Å². The molecule has 1 heterocycles. The molecule has 0 radical (unpaired) electrons. The molecule has 1 amide bonds. The van der Waals surface area contributed by atoms with E-state index in [4.69, 9.17) is 9.47 Å². The topological polar surface area (TPSA) is 84.9 Å². The summed E-state index contributed by atoms with van der Waals surface area (Å²) in [5.41, 5.74) is 0. The lowest BCUT2D eigenvalue weighted by Gasteiger charge is -2.23. The van der Waals surface area contributed by atoms with Crippen LogP contribution in [0.2, 0.25) is 0 Å². The van der Waals surface area contributed by atoms with Crippen molar-refractivity contribution in [1.29, 1.82) is 0 Å². The highest BCUT2D eigenvalue weighted by Crippen LogP contribution is 2.26. The number of unbranched alkanes of at least 4 members (excludes halogenated alkanes) is 1. The molecular weight excluding hydrogens is 435 g/mol. The van der Waals surface area contributed by atoms with Crippen molar-refractivity contribution in [1.82, 2.24) is 9.62 Å². The lowest BCUT2D eigenvalue weighted by atomic mass is 10.2. The summed E-state index contributed by atoms with van der Waals surface area (Å²) in [7, 11) is -3.87. The summed E-state index contributed by atoms with van der Waals surface area (Å²) in [6.07, 6.45) is 3.10. The number of hydrogen-bond acceptors (Lipinski definition) is 5. The molecule has 0 aromatic heterocycles. The highest BCUT2D eigenvalue weighted by molar-refractivity contribution is 7.89. The van der Waals surface area contributed by atoms with Gasteiger partial charge in [0.15, 0.2) is 0 Å². The Morgan fingerprint density at radius 2 is 1.69 bits per heavy atom. The molecule has 1 atom stereocenters. The van der Waals surface area contributed by atoms with Crippen LogP contribution in [0.15, 0.2) is 53.4 Å². The maximum atomic E-state index is 13.1. The third kappa shape index (κ3) is 6.20. The van der Waals surface area contributed by atoms with Crippen molar-refractivity contribution in [2.45, 2.75) is 43.5 Å². The van der Waals surface area contributed by atoms with E-state index in [0.29, 0.717) is 25.2 Å². The lowest BCUT2D eigenvalue weighted by Crippen LogP contribution is -2.46. The Labute approximate surface area is 188 Å². The fourth-order valence-corrected chi connectivity index (χ4v) is 5.12. The Morgan fingerprint density at radius 3 is 2.31 bits per heavy atom. The van der Waals surface area contributed by atoms with Gasteiger partial charge in [-0.25, -0.2) is 12.8 Å². The van der Waals surface area contributed by atoms with Gasteiger partial charge in [0.2, 0.25) is 15.9 Å². The first-order valence-electron chi connectivity index (χ1n) is 10.8. The molecule has 1 fully saturated rings. The minimum Gasteiger partial charge on any atom is -0.494 e. The van der Waals surface area contributed by atoms with Gasteiger partial charge in [0.05, 0.1) is 18.0 Å². The van der Waals surface area contributed by atoms with Gasteiger partial charge in [-0.3, -0.25) is 4.79 Å². The molecule has 1 saturated heterocycles. The number of amides is 1. The average molecular weight is 465 g/mol. The van der Waals surface area contributed by atoms with E-state index in [9.17, 15) is 17.6 Å². The molecule has 0 aliphatic carbocycles. The molecule has 1 aliphatic rings.